The number of allylic oxidation sites excluding steroid dienone is 3. The first-order chi connectivity index (χ1) is 6.57. The van der Waals surface area contributed by atoms with Gasteiger partial charge in [-0.3, -0.25) is 0 Å². The molecule has 0 aliphatic heterocycles. The van der Waals surface area contributed by atoms with Crippen LogP contribution in [-0.2, 0) is 0 Å². The molecule has 0 rings (SSSR count). The smallest absolute Gasteiger partial charge is 0.101 e. The molecule has 2 heteroatoms. The minimum absolute atomic E-state index is 0.319. The lowest BCUT2D eigenvalue weighted by Gasteiger charge is -2.00. The molecule has 80 valence electrons. The SMILES string of the molecule is CCC/C=C(C)/C=C\N=C(N)C(C)C. The third-order valence-electron chi connectivity index (χ3n) is 1.91. The predicted molar refractivity (Wildman–Crippen MR) is 64.3 cm³/mol. The monoisotopic (exact) mass is 194 g/mol. The average Bonchev–Trinajstić information content (AvgIpc) is 2.14. The molecule has 0 aliphatic carbocycles. The second-order valence-corrected chi connectivity index (χ2v) is 3.76. The normalized spacial score (nSPS) is 14.4. The highest BCUT2D eigenvalue weighted by atomic mass is 14.8. The Morgan fingerprint density at radius 3 is 2.57 bits per heavy atom. The van der Waals surface area contributed by atoms with Crippen LogP contribution in [0.15, 0.2) is 28.9 Å². The van der Waals surface area contributed by atoms with Crippen molar-refractivity contribution in [2.24, 2.45) is 16.6 Å². The topological polar surface area (TPSA) is 38.4 Å². The summed E-state index contributed by atoms with van der Waals surface area (Å²) in [5.74, 6) is 1.00. The molecule has 0 spiro atoms. The summed E-state index contributed by atoms with van der Waals surface area (Å²) in [6.07, 6.45) is 8.28. The van der Waals surface area contributed by atoms with Gasteiger partial charge in [0.05, 0.1) is 0 Å². The van der Waals surface area contributed by atoms with E-state index in [2.05, 4.69) is 24.9 Å². The minimum atomic E-state index is 0.319. The molecule has 2 N–H and O–H groups in total. The van der Waals surface area contributed by atoms with Crippen LogP contribution in [0.5, 0.6) is 0 Å². The largest absolute Gasteiger partial charge is 0.387 e. The zero-order valence-corrected chi connectivity index (χ0v) is 9.75. The number of rotatable bonds is 5. The highest BCUT2D eigenvalue weighted by molar-refractivity contribution is 5.82. The van der Waals surface area contributed by atoms with Gasteiger partial charge in [0.25, 0.3) is 0 Å². The Balaban J connectivity index is 4.11. The van der Waals surface area contributed by atoms with Crippen LogP contribution in [-0.4, -0.2) is 5.84 Å². The van der Waals surface area contributed by atoms with Gasteiger partial charge in [0.1, 0.15) is 5.84 Å². The molecule has 0 saturated carbocycles. The molecule has 2 nitrogen and oxygen atoms in total. The summed E-state index contributed by atoms with van der Waals surface area (Å²) in [5, 5.41) is 0. The summed E-state index contributed by atoms with van der Waals surface area (Å²) >= 11 is 0. The Labute approximate surface area is 87.6 Å². The molecule has 0 unspecified atom stereocenters. The van der Waals surface area contributed by atoms with Crippen molar-refractivity contribution in [1.82, 2.24) is 0 Å². The van der Waals surface area contributed by atoms with Crippen LogP contribution in [0.4, 0.5) is 0 Å². The van der Waals surface area contributed by atoms with Crippen molar-refractivity contribution >= 4 is 5.84 Å². The van der Waals surface area contributed by atoms with Crippen molar-refractivity contribution in [3.63, 3.8) is 0 Å². The highest BCUT2D eigenvalue weighted by Gasteiger charge is 1.95. The summed E-state index contributed by atoms with van der Waals surface area (Å²) in [6, 6.07) is 0. The van der Waals surface area contributed by atoms with Gasteiger partial charge in [0.2, 0.25) is 0 Å². The summed E-state index contributed by atoms with van der Waals surface area (Å²) < 4.78 is 0. The van der Waals surface area contributed by atoms with E-state index in [1.54, 1.807) is 6.20 Å². The Hall–Kier alpha value is -1.05. The van der Waals surface area contributed by atoms with Gasteiger partial charge in [-0.25, -0.2) is 4.99 Å². The Kier molecular flexibility index (Phi) is 6.81. The molecule has 0 bridgehead atoms. The van der Waals surface area contributed by atoms with Crippen molar-refractivity contribution in [3.05, 3.63) is 23.9 Å². The van der Waals surface area contributed by atoms with Gasteiger partial charge in [0.15, 0.2) is 0 Å². The van der Waals surface area contributed by atoms with Gasteiger partial charge in [-0.15, -0.1) is 0 Å². The lowest BCUT2D eigenvalue weighted by Crippen LogP contribution is -2.17. The Morgan fingerprint density at radius 1 is 1.43 bits per heavy atom. The van der Waals surface area contributed by atoms with E-state index in [1.807, 2.05) is 19.9 Å². The molecule has 14 heavy (non-hydrogen) atoms. The van der Waals surface area contributed by atoms with Crippen LogP contribution in [0.1, 0.15) is 40.5 Å². The van der Waals surface area contributed by atoms with E-state index in [1.165, 1.54) is 12.0 Å². The second kappa shape index (κ2) is 7.36. The number of hydrogen-bond acceptors (Lipinski definition) is 1. The molecule has 0 aromatic carbocycles. The highest BCUT2D eigenvalue weighted by Crippen LogP contribution is 2.00. The molecular formula is C12H22N2. The third kappa shape index (κ3) is 6.46. The molecule has 0 aromatic rings. The van der Waals surface area contributed by atoms with E-state index in [0.717, 1.165) is 6.42 Å². The van der Waals surface area contributed by atoms with Crippen LogP contribution in [0.2, 0.25) is 0 Å². The minimum Gasteiger partial charge on any atom is -0.387 e. The predicted octanol–water partition coefficient (Wildman–Crippen LogP) is 3.26. The van der Waals surface area contributed by atoms with Crippen LogP contribution in [0.3, 0.4) is 0 Å². The lowest BCUT2D eigenvalue weighted by molar-refractivity contribution is 0.872. The first-order valence-electron chi connectivity index (χ1n) is 5.24. The maximum atomic E-state index is 5.68. The second-order valence-electron chi connectivity index (χ2n) is 3.76. The number of nitrogens with zero attached hydrogens (tertiary/aromatic N) is 1. The molecule has 0 saturated heterocycles. The lowest BCUT2D eigenvalue weighted by atomic mass is 10.2. The fourth-order valence-corrected chi connectivity index (χ4v) is 0.830. The number of hydrogen-bond donors (Lipinski definition) is 1. The van der Waals surface area contributed by atoms with Crippen LogP contribution < -0.4 is 5.73 Å². The van der Waals surface area contributed by atoms with E-state index >= 15 is 0 Å². The van der Waals surface area contributed by atoms with Gasteiger partial charge in [0, 0.05) is 12.1 Å². The van der Waals surface area contributed by atoms with Crippen LogP contribution in [0, 0.1) is 5.92 Å². The van der Waals surface area contributed by atoms with Crippen molar-refractivity contribution in [1.29, 1.82) is 0 Å². The maximum absolute atomic E-state index is 5.68. The zero-order chi connectivity index (χ0) is 11.0. The van der Waals surface area contributed by atoms with Crippen LogP contribution >= 0.6 is 0 Å². The first kappa shape index (κ1) is 12.9. The number of nitrogens with two attached hydrogens (primary N) is 1. The third-order valence-corrected chi connectivity index (χ3v) is 1.91. The molecule has 0 aromatic heterocycles. The van der Waals surface area contributed by atoms with E-state index in [-0.39, 0.29) is 0 Å². The van der Waals surface area contributed by atoms with Gasteiger partial charge in [-0.2, -0.15) is 0 Å². The van der Waals surface area contributed by atoms with E-state index in [9.17, 15) is 0 Å². The van der Waals surface area contributed by atoms with E-state index < -0.39 is 0 Å². The number of aliphatic imine (C=N–C) groups is 1. The summed E-state index contributed by atoms with van der Waals surface area (Å²) in [6.45, 7) is 8.31. The zero-order valence-electron chi connectivity index (χ0n) is 9.75. The molecule has 0 heterocycles. The molecule has 0 aliphatic rings. The summed E-state index contributed by atoms with van der Waals surface area (Å²) in [4.78, 5) is 4.14. The van der Waals surface area contributed by atoms with Crippen LogP contribution in [0.25, 0.3) is 0 Å². The first-order valence-corrected chi connectivity index (χ1v) is 5.24. The van der Waals surface area contributed by atoms with E-state index in [4.69, 9.17) is 5.73 Å². The van der Waals surface area contributed by atoms with E-state index in [0.29, 0.717) is 11.8 Å². The number of unbranched alkanes of at least 4 members (excludes halogenated alkanes) is 1. The van der Waals surface area contributed by atoms with Crippen molar-refractivity contribution in [2.45, 2.75) is 40.5 Å². The number of amidine groups is 1. The average molecular weight is 194 g/mol. The molecule has 0 amide bonds. The van der Waals surface area contributed by atoms with Gasteiger partial charge < -0.3 is 5.73 Å². The van der Waals surface area contributed by atoms with Crippen molar-refractivity contribution < 1.29 is 0 Å². The quantitative estimate of drug-likeness (QED) is 0.407. The molecule has 0 radical (unpaired) electrons. The summed E-state index contributed by atoms with van der Waals surface area (Å²) in [5.41, 5.74) is 6.92. The van der Waals surface area contributed by atoms with Crippen molar-refractivity contribution in [2.75, 3.05) is 0 Å². The fourth-order valence-electron chi connectivity index (χ4n) is 0.830. The van der Waals surface area contributed by atoms with Gasteiger partial charge >= 0.3 is 0 Å². The van der Waals surface area contributed by atoms with Gasteiger partial charge in [-0.1, -0.05) is 38.8 Å². The fraction of sp³-hybridized carbons (Fsp3) is 0.583. The maximum Gasteiger partial charge on any atom is 0.101 e. The standard InChI is InChI=1S/C12H22N2/c1-5-6-7-11(4)8-9-14-12(13)10(2)3/h7-10H,5-6H2,1-4H3,(H2,13,14)/b9-8-,11-7+. The molecular weight excluding hydrogens is 172 g/mol. The Bertz CT molecular complexity index is 235. The molecule has 0 atom stereocenters. The summed E-state index contributed by atoms with van der Waals surface area (Å²) in [7, 11) is 0. The van der Waals surface area contributed by atoms with Crippen molar-refractivity contribution in [3.8, 4) is 0 Å². The Morgan fingerprint density at radius 2 is 2.07 bits per heavy atom. The van der Waals surface area contributed by atoms with Gasteiger partial charge in [-0.05, 0) is 19.4 Å². The molecule has 0 fully saturated rings.